The molecule has 7 nitrogen and oxygen atoms in total. The molecule has 0 radical (unpaired) electrons. The van der Waals surface area contributed by atoms with Gasteiger partial charge in [0.05, 0.1) is 5.01 Å². The summed E-state index contributed by atoms with van der Waals surface area (Å²) in [6.07, 6.45) is -3.34. The number of amides is 1. The van der Waals surface area contributed by atoms with Gasteiger partial charge in [-0.15, -0.1) is 11.3 Å². The molecule has 2 N–H and O–H groups in total. The summed E-state index contributed by atoms with van der Waals surface area (Å²) in [5.74, 6) is 0.273. The summed E-state index contributed by atoms with van der Waals surface area (Å²) in [5, 5.41) is 7.48. The predicted molar refractivity (Wildman–Crippen MR) is 98.9 cm³/mol. The highest BCUT2D eigenvalue weighted by molar-refractivity contribution is 7.09. The average Bonchev–Trinajstić information content (AvgIpc) is 3.07. The van der Waals surface area contributed by atoms with E-state index in [2.05, 4.69) is 20.6 Å². The van der Waals surface area contributed by atoms with Crippen LogP contribution in [0.1, 0.15) is 24.0 Å². The van der Waals surface area contributed by atoms with E-state index in [1.165, 1.54) is 4.90 Å². The standard InChI is InChI=1S/C16H26F3N5O2S/c1-4-26-9-5-7-20-15(22-10-14(25)24(2)3)21-8-6-13-23-12(11-27-13)16(17,18)19/h11H,4-10H2,1-3H3,(H2,20,21,22). The molecule has 0 aromatic carbocycles. The van der Waals surface area contributed by atoms with Crippen LogP contribution in [0, 0.1) is 0 Å². The lowest BCUT2D eigenvalue weighted by molar-refractivity contribution is -0.140. The number of alkyl halides is 3. The van der Waals surface area contributed by atoms with Crippen LogP contribution in [0.3, 0.4) is 0 Å². The number of aromatic nitrogens is 1. The van der Waals surface area contributed by atoms with Crippen LogP contribution >= 0.6 is 11.3 Å². The quantitative estimate of drug-likeness (QED) is 0.350. The number of rotatable bonds is 10. The number of likely N-dealkylation sites (N-methyl/N-ethyl adjacent to an activating group) is 1. The molecule has 0 aliphatic carbocycles. The van der Waals surface area contributed by atoms with Crippen molar-refractivity contribution in [2.24, 2.45) is 4.99 Å². The molecule has 11 heteroatoms. The maximum absolute atomic E-state index is 12.6. The Morgan fingerprint density at radius 3 is 2.63 bits per heavy atom. The molecule has 0 saturated heterocycles. The van der Waals surface area contributed by atoms with Gasteiger partial charge in [-0.25, -0.2) is 9.98 Å². The third-order valence-corrected chi connectivity index (χ3v) is 4.22. The summed E-state index contributed by atoms with van der Waals surface area (Å²) in [5.41, 5.74) is -0.873. The number of aliphatic imine (C=N–C) groups is 1. The Hall–Kier alpha value is -1.88. The van der Waals surface area contributed by atoms with Crippen LogP contribution in [0.2, 0.25) is 0 Å². The zero-order valence-corrected chi connectivity index (χ0v) is 16.5. The van der Waals surface area contributed by atoms with E-state index in [9.17, 15) is 18.0 Å². The number of carbonyl (C=O) groups excluding carboxylic acids is 1. The summed E-state index contributed by atoms with van der Waals surface area (Å²) in [4.78, 5) is 20.9. The molecule has 0 spiro atoms. The van der Waals surface area contributed by atoms with Crippen molar-refractivity contribution in [1.82, 2.24) is 20.5 Å². The molecule has 1 amide bonds. The topological polar surface area (TPSA) is 78.8 Å². The number of thiazole rings is 1. The minimum Gasteiger partial charge on any atom is -0.382 e. The molecule has 0 atom stereocenters. The average molecular weight is 409 g/mol. The van der Waals surface area contributed by atoms with Crippen molar-refractivity contribution in [1.29, 1.82) is 0 Å². The maximum atomic E-state index is 12.6. The van der Waals surface area contributed by atoms with Gasteiger partial charge in [-0.05, 0) is 13.3 Å². The van der Waals surface area contributed by atoms with Crippen molar-refractivity contribution >= 4 is 23.2 Å². The Balaban J connectivity index is 2.52. The Labute approximate surface area is 161 Å². The molecule has 0 unspecified atom stereocenters. The number of guanidine groups is 1. The Morgan fingerprint density at radius 2 is 2.04 bits per heavy atom. The first-order valence-corrected chi connectivity index (χ1v) is 9.43. The highest BCUT2D eigenvalue weighted by atomic mass is 32.1. The monoisotopic (exact) mass is 409 g/mol. The van der Waals surface area contributed by atoms with E-state index in [1.807, 2.05) is 6.92 Å². The number of ether oxygens (including phenoxy) is 1. The van der Waals surface area contributed by atoms with Gasteiger partial charge in [-0.1, -0.05) is 0 Å². The van der Waals surface area contributed by atoms with E-state index in [4.69, 9.17) is 4.74 Å². The van der Waals surface area contributed by atoms with E-state index in [1.54, 1.807) is 14.1 Å². The number of nitrogens with zero attached hydrogens (tertiary/aromatic N) is 3. The zero-order valence-electron chi connectivity index (χ0n) is 15.7. The van der Waals surface area contributed by atoms with Crippen LogP contribution in [0.4, 0.5) is 13.2 Å². The second kappa shape index (κ2) is 11.8. The molecule has 1 aromatic heterocycles. The van der Waals surface area contributed by atoms with Crippen LogP contribution in [-0.4, -0.2) is 68.7 Å². The lowest BCUT2D eigenvalue weighted by atomic mass is 10.4. The summed E-state index contributed by atoms with van der Waals surface area (Å²) in [6.45, 7) is 4.08. The summed E-state index contributed by atoms with van der Waals surface area (Å²) >= 11 is 0.968. The molecular formula is C16H26F3N5O2S. The van der Waals surface area contributed by atoms with Crippen molar-refractivity contribution in [3.05, 3.63) is 16.1 Å². The van der Waals surface area contributed by atoms with E-state index < -0.39 is 11.9 Å². The maximum Gasteiger partial charge on any atom is 0.434 e. The van der Waals surface area contributed by atoms with Crippen molar-refractivity contribution in [2.45, 2.75) is 25.9 Å². The number of hydrogen-bond acceptors (Lipinski definition) is 5. The third kappa shape index (κ3) is 9.57. The fourth-order valence-electron chi connectivity index (χ4n) is 1.83. The van der Waals surface area contributed by atoms with Gasteiger partial charge >= 0.3 is 6.18 Å². The first-order valence-electron chi connectivity index (χ1n) is 8.55. The molecule has 0 aliphatic heterocycles. The van der Waals surface area contributed by atoms with E-state index in [-0.39, 0.29) is 12.5 Å². The molecule has 1 rings (SSSR count). The van der Waals surface area contributed by atoms with Gasteiger partial charge in [-0.3, -0.25) is 4.79 Å². The van der Waals surface area contributed by atoms with Gasteiger partial charge < -0.3 is 20.3 Å². The van der Waals surface area contributed by atoms with Gasteiger partial charge in [0.15, 0.2) is 11.7 Å². The van der Waals surface area contributed by atoms with Crippen molar-refractivity contribution < 1.29 is 22.7 Å². The van der Waals surface area contributed by atoms with Crippen LogP contribution in [-0.2, 0) is 22.1 Å². The highest BCUT2D eigenvalue weighted by Gasteiger charge is 2.33. The second-order valence-electron chi connectivity index (χ2n) is 5.73. The second-order valence-corrected chi connectivity index (χ2v) is 6.67. The number of halogens is 3. The fourth-order valence-corrected chi connectivity index (χ4v) is 2.64. The summed E-state index contributed by atoms with van der Waals surface area (Å²) in [6, 6.07) is 0. The largest absolute Gasteiger partial charge is 0.434 e. The molecule has 0 saturated carbocycles. The Kier molecular flexibility index (Phi) is 10.1. The minimum atomic E-state index is -4.43. The van der Waals surface area contributed by atoms with E-state index in [0.29, 0.717) is 43.7 Å². The van der Waals surface area contributed by atoms with Gasteiger partial charge in [0.2, 0.25) is 5.91 Å². The molecule has 1 aromatic rings. The van der Waals surface area contributed by atoms with Crippen LogP contribution in [0.15, 0.2) is 10.4 Å². The van der Waals surface area contributed by atoms with Crippen LogP contribution in [0.5, 0.6) is 0 Å². The van der Waals surface area contributed by atoms with Gasteiger partial charge in [0.25, 0.3) is 0 Å². The molecular weight excluding hydrogens is 383 g/mol. The van der Waals surface area contributed by atoms with Crippen molar-refractivity contribution in [3.63, 3.8) is 0 Å². The number of carbonyl (C=O) groups is 1. The molecule has 0 fully saturated rings. The Bertz CT molecular complexity index is 605. The normalized spacial score (nSPS) is 12.1. The van der Waals surface area contributed by atoms with Crippen LogP contribution in [0.25, 0.3) is 0 Å². The summed E-state index contributed by atoms with van der Waals surface area (Å²) in [7, 11) is 3.28. The zero-order chi connectivity index (χ0) is 20.3. The van der Waals surface area contributed by atoms with Crippen LogP contribution < -0.4 is 10.6 Å². The number of nitrogens with one attached hydrogen (secondary N) is 2. The van der Waals surface area contributed by atoms with Gasteiger partial charge in [-0.2, -0.15) is 13.2 Å². The lowest BCUT2D eigenvalue weighted by Gasteiger charge is -2.13. The number of hydrogen-bond donors (Lipinski definition) is 2. The molecule has 27 heavy (non-hydrogen) atoms. The molecule has 1 heterocycles. The lowest BCUT2D eigenvalue weighted by Crippen LogP contribution is -2.40. The van der Waals surface area contributed by atoms with Gasteiger partial charge in [0.1, 0.15) is 6.54 Å². The highest BCUT2D eigenvalue weighted by Crippen LogP contribution is 2.29. The van der Waals surface area contributed by atoms with E-state index >= 15 is 0 Å². The molecule has 154 valence electrons. The smallest absolute Gasteiger partial charge is 0.382 e. The first kappa shape index (κ1) is 23.2. The van der Waals surface area contributed by atoms with Gasteiger partial charge in [0, 0.05) is 52.2 Å². The fraction of sp³-hybridized carbons (Fsp3) is 0.688. The Morgan fingerprint density at radius 1 is 1.33 bits per heavy atom. The SMILES string of the molecule is CCOCCCNC(=NCC(=O)N(C)C)NCCc1nc(C(F)(F)F)cs1. The summed E-state index contributed by atoms with van der Waals surface area (Å²) < 4.78 is 43.0. The van der Waals surface area contributed by atoms with E-state index in [0.717, 1.165) is 23.1 Å². The first-order chi connectivity index (χ1) is 12.7. The minimum absolute atomic E-state index is 0.0245. The predicted octanol–water partition coefficient (Wildman–Crippen LogP) is 1.75. The molecule has 0 aliphatic rings. The van der Waals surface area contributed by atoms with Crippen molar-refractivity contribution in [2.75, 3.05) is 46.9 Å². The third-order valence-electron chi connectivity index (χ3n) is 3.31. The van der Waals surface area contributed by atoms with Crippen molar-refractivity contribution in [3.8, 4) is 0 Å². The molecule has 0 bridgehead atoms.